The molecule has 2 aromatic heterocycles. The molecule has 4 aromatic rings. The molecule has 170 valence electrons. The monoisotopic (exact) mass is 453 g/mol. The van der Waals surface area contributed by atoms with Gasteiger partial charge in [0.2, 0.25) is 5.88 Å². The highest BCUT2D eigenvalue weighted by atomic mass is 16.5. The minimum atomic E-state index is -0.0649. The third-order valence-corrected chi connectivity index (χ3v) is 6.30. The molecule has 9 heteroatoms. The number of anilines is 1. The molecule has 2 aromatic carbocycles. The molecule has 0 bridgehead atoms. The number of nitrogens with one attached hydrogen (secondary N) is 2. The van der Waals surface area contributed by atoms with E-state index in [9.17, 15) is 4.79 Å². The molecule has 1 amide bonds. The van der Waals surface area contributed by atoms with Crippen molar-refractivity contribution >= 4 is 11.7 Å². The lowest BCUT2D eigenvalue weighted by molar-refractivity contribution is 0.0731. The maximum absolute atomic E-state index is 13.1. The van der Waals surface area contributed by atoms with Crippen LogP contribution in [-0.4, -0.2) is 48.8 Å². The zero-order chi connectivity index (χ0) is 22.9. The molecule has 3 heterocycles. The average molecular weight is 454 g/mol. The molecule has 2 N–H and O–H groups in total. The van der Waals surface area contributed by atoms with Gasteiger partial charge in [0.15, 0.2) is 0 Å². The summed E-state index contributed by atoms with van der Waals surface area (Å²) in [4.78, 5) is 23.4. The highest BCUT2D eigenvalue weighted by Crippen LogP contribution is 2.26. The van der Waals surface area contributed by atoms with E-state index in [1.165, 1.54) is 17.5 Å². The van der Waals surface area contributed by atoms with Crippen LogP contribution >= 0.6 is 0 Å². The minimum Gasteiger partial charge on any atom is -0.439 e. The number of nitrogens with zero attached hydrogens (tertiary/aromatic N) is 5. The van der Waals surface area contributed by atoms with Crippen molar-refractivity contribution in [3.63, 3.8) is 0 Å². The van der Waals surface area contributed by atoms with E-state index in [1.807, 2.05) is 12.1 Å². The molecule has 34 heavy (non-hydrogen) atoms. The van der Waals surface area contributed by atoms with Gasteiger partial charge in [0, 0.05) is 30.6 Å². The van der Waals surface area contributed by atoms with Crippen LogP contribution in [0.5, 0.6) is 11.6 Å². The second kappa shape index (κ2) is 8.58. The second-order valence-electron chi connectivity index (χ2n) is 8.58. The van der Waals surface area contributed by atoms with Crippen molar-refractivity contribution in [2.24, 2.45) is 0 Å². The van der Waals surface area contributed by atoms with E-state index in [4.69, 9.17) is 4.74 Å². The summed E-state index contributed by atoms with van der Waals surface area (Å²) in [6.45, 7) is 1.05. The molecule has 0 saturated heterocycles. The van der Waals surface area contributed by atoms with Gasteiger partial charge in [-0.1, -0.05) is 30.3 Å². The van der Waals surface area contributed by atoms with E-state index < -0.39 is 0 Å². The van der Waals surface area contributed by atoms with Gasteiger partial charge in [-0.05, 0) is 42.2 Å². The van der Waals surface area contributed by atoms with Gasteiger partial charge in [0.25, 0.3) is 5.91 Å². The first kappa shape index (κ1) is 20.3. The van der Waals surface area contributed by atoms with Crippen molar-refractivity contribution in [2.75, 3.05) is 11.9 Å². The number of aromatic amines is 1. The molecule has 9 nitrogen and oxygen atoms in total. The topological polar surface area (TPSA) is 109 Å². The molecule has 6 rings (SSSR count). The zero-order valence-corrected chi connectivity index (χ0v) is 18.4. The summed E-state index contributed by atoms with van der Waals surface area (Å²) in [7, 11) is 0. The number of amides is 1. The Labute approximate surface area is 196 Å². The molecular weight excluding hydrogens is 430 g/mol. The number of aromatic nitrogens is 5. The first-order valence-corrected chi connectivity index (χ1v) is 11.3. The van der Waals surface area contributed by atoms with Gasteiger partial charge in [0.1, 0.15) is 23.6 Å². The Morgan fingerprint density at radius 1 is 1.00 bits per heavy atom. The number of hydrogen-bond donors (Lipinski definition) is 2. The Hall–Kier alpha value is -4.27. The summed E-state index contributed by atoms with van der Waals surface area (Å²) in [6, 6.07) is 17.7. The highest BCUT2D eigenvalue weighted by molar-refractivity contribution is 5.94. The van der Waals surface area contributed by atoms with Crippen LogP contribution in [0.1, 0.15) is 32.9 Å². The third-order valence-electron chi connectivity index (χ3n) is 6.30. The van der Waals surface area contributed by atoms with Crippen LogP contribution in [0.2, 0.25) is 0 Å². The number of ether oxygens (including phenoxy) is 1. The molecule has 1 aliphatic carbocycles. The van der Waals surface area contributed by atoms with Crippen LogP contribution < -0.4 is 10.1 Å². The summed E-state index contributed by atoms with van der Waals surface area (Å²) in [5.74, 6) is 1.61. The molecule has 0 fully saturated rings. The Morgan fingerprint density at radius 3 is 2.68 bits per heavy atom. The summed E-state index contributed by atoms with van der Waals surface area (Å²) in [6.07, 6.45) is 4.11. The van der Waals surface area contributed by atoms with Crippen molar-refractivity contribution in [1.82, 2.24) is 30.3 Å². The number of carbonyl (C=O) groups is 1. The van der Waals surface area contributed by atoms with E-state index in [0.717, 1.165) is 24.2 Å². The van der Waals surface area contributed by atoms with Crippen LogP contribution in [-0.2, 0) is 25.8 Å². The number of benzene rings is 2. The lowest BCUT2D eigenvalue weighted by Crippen LogP contribution is -2.36. The lowest BCUT2D eigenvalue weighted by Gasteiger charge is -2.25. The van der Waals surface area contributed by atoms with Crippen LogP contribution in [0.15, 0.2) is 60.9 Å². The lowest BCUT2D eigenvalue weighted by atomic mass is 10.1. The van der Waals surface area contributed by atoms with Gasteiger partial charge in [-0.3, -0.25) is 4.79 Å². The molecular formula is C25H23N7O2. The summed E-state index contributed by atoms with van der Waals surface area (Å²) in [5.41, 5.74) is 5.05. The van der Waals surface area contributed by atoms with Crippen molar-refractivity contribution in [1.29, 1.82) is 0 Å². The van der Waals surface area contributed by atoms with E-state index in [2.05, 4.69) is 55.0 Å². The second-order valence-corrected chi connectivity index (χ2v) is 8.58. The van der Waals surface area contributed by atoms with Crippen molar-refractivity contribution in [2.45, 2.75) is 31.8 Å². The van der Waals surface area contributed by atoms with Gasteiger partial charge >= 0.3 is 0 Å². The zero-order valence-electron chi connectivity index (χ0n) is 18.4. The fourth-order valence-electron chi connectivity index (χ4n) is 4.62. The molecule has 0 saturated carbocycles. The van der Waals surface area contributed by atoms with Crippen molar-refractivity contribution < 1.29 is 9.53 Å². The molecule has 0 unspecified atom stereocenters. The maximum Gasteiger partial charge on any atom is 0.254 e. The fraction of sp³-hybridized carbons (Fsp3) is 0.240. The summed E-state index contributed by atoms with van der Waals surface area (Å²) in [5, 5.41) is 14.4. The van der Waals surface area contributed by atoms with Gasteiger partial charge < -0.3 is 15.0 Å². The molecule has 0 spiro atoms. The number of hydrogen-bond acceptors (Lipinski definition) is 7. The molecule has 0 atom stereocenters. The fourth-order valence-corrected chi connectivity index (χ4v) is 4.62. The third kappa shape index (κ3) is 4.07. The van der Waals surface area contributed by atoms with E-state index in [-0.39, 0.29) is 11.9 Å². The Bertz CT molecular complexity index is 1330. The van der Waals surface area contributed by atoms with E-state index in [1.54, 1.807) is 23.1 Å². The Balaban J connectivity index is 1.13. The van der Waals surface area contributed by atoms with Gasteiger partial charge in [-0.25, -0.2) is 9.97 Å². The Kier molecular flexibility index (Phi) is 5.14. The van der Waals surface area contributed by atoms with Crippen LogP contribution in [0.25, 0.3) is 0 Å². The highest BCUT2D eigenvalue weighted by Gasteiger charge is 2.25. The summed E-state index contributed by atoms with van der Waals surface area (Å²) < 4.78 is 5.98. The van der Waals surface area contributed by atoms with Gasteiger partial charge in [-0.15, -0.1) is 0 Å². The van der Waals surface area contributed by atoms with Crippen LogP contribution in [0.3, 0.4) is 0 Å². The summed E-state index contributed by atoms with van der Waals surface area (Å²) >= 11 is 0. The number of carbonyl (C=O) groups excluding carboxylic acids is 1. The predicted octanol–water partition coefficient (Wildman–Crippen LogP) is 3.16. The number of rotatable bonds is 5. The maximum atomic E-state index is 13.1. The standard InChI is InChI=1S/C25H23N7O2/c33-25(32-9-8-21-22(14-32)30-31-29-21)18-6-3-7-20(12-18)34-24-13-23(26-15-27-24)28-19-10-16-4-1-2-5-17(16)11-19/h1-7,12-13,15,19H,8-11,14H2,(H,26,27,28)(H,29,30,31). The van der Waals surface area contributed by atoms with Gasteiger partial charge in [-0.2, -0.15) is 15.4 Å². The molecule has 1 aliphatic heterocycles. The van der Waals surface area contributed by atoms with Crippen LogP contribution in [0, 0.1) is 0 Å². The normalized spacial score (nSPS) is 15.0. The predicted molar refractivity (Wildman–Crippen MR) is 125 cm³/mol. The average Bonchev–Trinajstić information content (AvgIpc) is 3.50. The quantitative estimate of drug-likeness (QED) is 0.478. The smallest absolute Gasteiger partial charge is 0.254 e. The molecule has 0 radical (unpaired) electrons. The minimum absolute atomic E-state index is 0.0649. The first-order valence-electron chi connectivity index (χ1n) is 11.3. The Morgan fingerprint density at radius 2 is 1.82 bits per heavy atom. The SMILES string of the molecule is O=C(c1cccc(Oc2cc(NC3Cc4ccccc4C3)ncn2)c1)N1CCc2n[nH]nc2C1. The largest absolute Gasteiger partial charge is 0.439 e. The van der Waals surface area contributed by atoms with Gasteiger partial charge in [0.05, 0.1) is 12.2 Å². The van der Waals surface area contributed by atoms with Crippen molar-refractivity contribution in [3.05, 3.63) is 89.0 Å². The van der Waals surface area contributed by atoms with E-state index >= 15 is 0 Å². The molecule has 2 aliphatic rings. The van der Waals surface area contributed by atoms with Crippen LogP contribution in [0.4, 0.5) is 5.82 Å². The van der Waals surface area contributed by atoms with Crippen molar-refractivity contribution in [3.8, 4) is 11.6 Å². The number of fused-ring (bicyclic) bond motifs is 2. The first-order chi connectivity index (χ1) is 16.7. The number of H-pyrrole nitrogens is 1. The van der Waals surface area contributed by atoms with E-state index in [0.29, 0.717) is 42.5 Å².